The van der Waals surface area contributed by atoms with Crippen LogP contribution in [0, 0.1) is 0 Å². The van der Waals surface area contributed by atoms with Gasteiger partial charge in [0.05, 0.1) is 17.7 Å². The summed E-state index contributed by atoms with van der Waals surface area (Å²) in [6, 6.07) is 3.85. The van der Waals surface area contributed by atoms with Gasteiger partial charge in [-0.25, -0.2) is 0 Å². The number of benzene rings is 1. The molecular formula is C13H13BrO4. The van der Waals surface area contributed by atoms with E-state index >= 15 is 0 Å². The van der Waals surface area contributed by atoms with Crippen molar-refractivity contribution in [2.45, 2.75) is 25.4 Å². The molecule has 1 aromatic rings. The average molecular weight is 313 g/mol. The van der Waals surface area contributed by atoms with Gasteiger partial charge in [0.1, 0.15) is 6.10 Å². The molecule has 0 aromatic heterocycles. The van der Waals surface area contributed by atoms with Crippen molar-refractivity contribution in [3.63, 3.8) is 0 Å². The summed E-state index contributed by atoms with van der Waals surface area (Å²) < 4.78 is 17.4. The number of halogens is 1. The Morgan fingerprint density at radius 3 is 2.83 bits per heavy atom. The van der Waals surface area contributed by atoms with Crippen molar-refractivity contribution in [3.05, 3.63) is 22.2 Å². The van der Waals surface area contributed by atoms with Gasteiger partial charge >= 0.3 is 5.97 Å². The van der Waals surface area contributed by atoms with E-state index in [9.17, 15) is 4.79 Å². The topological polar surface area (TPSA) is 44.8 Å². The van der Waals surface area contributed by atoms with Crippen LogP contribution in [-0.2, 0) is 9.53 Å². The van der Waals surface area contributed by atoms with Crippen LogP contribution >= 0.6 is 15.9 Å². The van der Waals surface area contributed by atoms with Crippen molar-refractivity contribution in [3.8, 4) is 11.5 Å². The maximum Gasteiger partial charge on any atom is 0.306 e. The SMILES string of the molecule is O=C1CCC(c2cc(Br)c3c(c2)OCCCO3)O1. The Kier molecular flexibility index (Phi) is 3.16. The van der Waals surface area contributed by atoms with Gasteiger partial charge in [-0.2, -0.15) is 0 Å². The monoisotopic (exact) mass is 312 g/mol. The summed E-state index contributed by atoms with van der Waals surface area (Å²) in [4.78, 5) is 11.2. The summed E-state index contributed by atoms with van der Waals surface area (Å²) in [7, 11) is 0. The van der Waals surface area contributed by atoms with Gasteiger partial charge in [0.25, 0.3) is 0 Å². The summed E-state index contributed by atoms with van der Waals surface area (Å²) in [5, 5.41) is 0. The van der Waals surface area contributed by atoms with E-state index in [-0.39, 0.29) is 12.1 Å². The van der Waals surface area contributed by atoms with Crippen LogP contribution in [0.3, 0.4) is 0 Å². The van der Waals surface area contributed by atoms with E-state index in [2.05, 4.69) is 15.9 Å². The molecular weight excluding hydrogens is 300 g/mol. The molecule has 5 heteroatoms. The Hall–Kier alpha value is -1.23. The van der Waals surface area contributed by atoms with E-state index in [0.29, 0.717) is 19.6 Å². The number of carbonyl (C=O) groups is 1. The summed E-state index contributed by atoms with van der Waals surface area (Å²) in [6.45, 7) is 1.30. The zero-order chi connectivity index (χ0) is 12.5. The predicted molar refractivity (Wildman–Crippen MR) is 67.8 cm³/mol. The third-order valence-electron chi connectivity index (χ3n) is 3.08. The summed E-state index contributed by atoms with van der Waals surface area (Å²) in [6.07, 6.45) is 1.92. The molecule has 2 aliphatic rings. The van der Waals surface area contributed by atoms with E-state index in [1.165, 1.54) is 0 Å². The molecule has 0 aliphatic carbocycles. The molecule has 1 unspecified atom stereocenters. The lowest BCUT2D eigenvalue weighted by molar-refractivity contribution is -0.141. The van der Waals surface area contributed by atoms with Gasteiger partial charge in [-0.15, -0.1) is 0 Å². The van der Waals surface area contributed by atoms with Crippen molar-refractivity contribution in [2.75, 3.05) is 13.2 Å². The lowest BCUT2D eigenvalue weighted by atomic mass is 10.1. The molecule has 1 fully saturated rings. The van der Waals surface area contributed by atoms with Crippen LogP contribution in [0.2, 0.25) is 0 Å². The Balaban J connectivity index is 1.95. The molecule has 1 atom stereocenters. The van der Waals surface area contributed by atoms with Gasteiger partial charge in [0.2, 0.25) is 0 Å². The third kappa shape index (κ3) is 2.19. The third-order valence-corrected chi connectivity index (χ3v) is 3.67. The maximum absolute atomic E-state index is 11.2. The number of carbonyl (C=O) groups excluding carboxylic acids is 1. The van der Waals surface area contributed by atoms with Gasteiger partial charge in [-0.1, -0.05) is 0 Å². The van der Waals surface area contributed by atoms with Gasteiger partial charge < -0.3 is 14.2 Å². The van der Waals surface area contributed by atoms with E-state index < -0.39 is 0 Å². The average Bonchev–Trinajstić information content (AvgIpc) is 2.63. The van der Waals surface area contributed by atoms with Crippen molar-refractivity contribution < 1.29 is 19.0 Å². The van der Waals surface area contributed by atoms with Crippen LogP contribution in [-0.4, -0.2) is 19.2 Å². The quantitative estimate of drug-likeness (QED) is 0.748. The predicted octanol–water partition coefficient (Wildman–Crippen LogP) is 2.99. The van der Waals surface area contributed by atoms with Crippen LogP contribution in [0.15, 0.2) is 16.6 Å². The first-order valence-electron chi connectivity index (χ1n) is 6.02. The van der Waals surface area contributed by atoms with Gasteiger partial charge in [-0.05, 0) is 40.0 Å². The van der Waals surface area contributed by atoms with E-state index in [1.807, 2.05) is 12.1 Å². The molecule has 18 heavy (non-hydrogen) atoms. The normalized spacial score (nSPS) is 22.5. The van der Waals surface area contributed by atoms with Gasteiger partial charge in [0, 0.05) is 12.8 Å². The number of esters is 1. The molecule has 0 radical (unpaired) electrons. The fourth-order valence-electron chi connectivity index (χ4n) is 2.20. The van der Waals surface area contributed by atoms with Crippen molar-refractivity contribution in [1.82, 2.24) is 0 Å². The van der Waals surface area contributed by atoms with Crippen LogP contribution in [0.5, 0.6) is 11.5 Å². The number of rotatable bonds is 1. The van der Waals surface area contributed by atoms with Gasteiger partial charge in [0.15, 0.2) is 11.5 Å². The zero-order valence-electron chi connectivity index (χ0n) is 9.78. The molecule has 2 heterocycles. The second-order valence-electron chi connectivity index (χ2n) is 4.40. The van der Waals surface area contributed by atoms with E-state index in [0.717, 1.165) is 34.4 Å². The van der Waals surface area contributed by atoms with Crippen molar-refractivity contribution in [2.24, 2.45) is 0 Å². The lowest BCUT2D eigenvalue weighted by Crippen LogP contribution is -2.00. The minimum atomic E-state index is -0.161. The molecule has 1 aromatic carbocycles. The highest BCUT2D eigenvalue weighted by Gasteiger charge is 2.27. The van der Waals surface area contributed by atoms with Gasteiger partial charge in [-0.3, -0.25) is 4.79 Å². The molecule has 0 spiro atoms. The lowest BCUT2D eigenvalue weighted by Gasteiger charge is -2.15. The minimum absolute atomic E-state index is 0.136. The standard InChI is InChI=1S/C13H13BrO4/c14-9-6-8(10-2-3-12(15)18-10)7-11-13(9)17-5-1-4-16-11/h6-7,10H,1-5H2. The molecule has 0 bridgehead atoms. The maximum atomic E-state index is 11.2. The molecule has 96 valence electrons. The summed E-state index contributed by atoms with van der Waals surface area (Å²) in [5.74, 6) is 1.32. The molecule has 1 saturated heterocycles. The Bertz CT molecular complexity index is 486. The summed E-state index contributed by atoms with van der Waals surface area (Å²) >= 11 is 3.48. The molecule has 0 N–H and O–H groups in total. The highest BCUT2D eigenvalue weighted by Crippen LogP contribution is 2.41. The Morgan fingerprint density at radius 2 is 2.06 bits per heavy atom. The smallest absolute Gasteiger partial charge is 0.306 e. The zero-order valence-corrected chi connectivity index (χ0v) is 11.4. The van der Waals surface area contributed by atoms with Crippen molar-refractivity contribution in [1.29, 1.82) is 0 Å². The largest absolute Gasteiger partial charge is 0.490 e. The van der Waals surface area contributed by atoms with Crippen LogP contribution in [0.25, 0.3) is 0 Å². The highest BCUT2D eigenvalue weighted by atomic mass is 79.9. The number of hydrogen-bond acceptors (Lipinski definition) is 4. The minimum Gasteiger partial charge on any atom is -0.490 e. The first kappa shape index (κ1) is 11.8. The Morgan fingerprint density at radius 1 is 1.22 bits per heavy atom. The number of ether oxygens (including phenoxy) is 3. The van der Waals surface area contributed by atoms with E-state index in [4.69, 9.17) is 14.2 Å². The fraction of sp³-hybridized carbons (Fsp3) is 0.462. The second kappa shape index (κ2) is 4.80. The fourth-order valence-corrected chi connectivity index (χ4v) is 2.77. The summed E-state index contributed by atoms with van der Waals surface area (Å²) in [5.41, 5.74) is 0.956. The molecule has 4 nitrogen and oxygen atoms in total. The second-order valence-corrected chi connectivity index (χ2v) is 5.25. The molecule has 2 aliphatic heterocycles. The first-order valence-corrected chi connectivity index (χ1v) is 6.82. The van der Waals surface area contributed by atoms with Crippen LogP contribution in [0.1, 0.15) is 30.9 Å². The molecule has 0 saturated carbocycles. The van der Waals surface area contributed by atoms with Crippen LogP contribution in [0.4, 0.5) is 0 Å². The first-order chi connectivity index (χ1) is 8.74. The van der Waals surface area contributed by atoms with Crippen LogP contribution < -0.4 is 9.47 Å². The Labute approximate surface area is 113 Å². The number of cyclic esters (lactones) is 1. The number of hydrogen-bond donors (Lipinski definition) is 0. The van der Waals surface area contributed by atoms with Crippen molar-refractivity contribution >= 4 is 21.9 Å². The molecule has 0 amide bonds. The highest BCUT2D eigenvalue weighted by molar-refractivity contribution is 9.10. The number of fused-ring (bicyclic) bond motifs is 1. The van der Waals surface area contributed by atoms with E-state index in [1.54, 1.807) is 0 Å². The molecule has 3 rings (SSSR count).